The highest BCUT2D eigenvalue weighted by Crippen LogP contribution is 2.22. The Balaban J connectivity index is 2.64. The van der Waals surface area contributed by atoms with Gasteiger partial charge in [-0.05, 0) is 18.2 Å². The lowest BCUT2D eigenvalue weighted by Crippen LogP contribution is -2.36. The van der Waals surface area contributed by atoms with Gasteiger partial charge in [-0.15, -0.1) is 11.3 Å². The molecule has 0 unspecified atom stereocenters. The summed E-state index contributed by atoms with van der Waals surface area (Å²) in [5.41, 5.74) is 0. The lowest BCUT2D eigenvalue weighted by Gasteiger charge is -2.18. The summed E-state index contributed by atoms with van der Waals surface area (Å²) in [6, 6.07) is 3.52. The summed E-state index contributed by atoms with van der Waals surface area (Å²) < 4.78 is 5.48. The Morgan fingerprint density at radius 1 is 1.53 bits per heavy atom. The lowest BCUT2D eigenvalue weighted by atomic mass is 10.3. The first-order valence-corrected chi connectivity index (χ1v) is 6.65. The Morgan fingerprint density at radius 2 is 2.26 bits per heavy atom. The highest BCUT2D eigenvalue weighted by molar-refractivity contribution is 7.17. The van der Waals surface area contributed by atoms with Crippen LogP contribution in [0.2, 0.25) is 4.34 Å². The van der Waals surface area contributed by atoms with Crippen molar-refractivity contribution in [2.45, 2.75) is 0 Å². The molecule has 0 radical (unpaired) electrons. The van der Waals surface area contributed by atoms with Gasteiger partial charge < -0.3 is 14.7 Å². The zero-order valence-corrected chi connectivity index (χ0v) is 11.9. The van der Waals surface area contributed by atoms with E-state index in [1.807, 2.05) is 0 Å². The molecule has 0 saturated carbocycles. The van der Waals surface area contributed by atoms with E-state index >= 15 is 0 Å². The van der Waals surface area contributed by atoms with Gasteiger partial charge in [-0.1, -0.05) is 11.6 Å². The van der Waals surface area contributed by atoms with Crippen molar-refractivity contribution in [3.63, 3.8) is 0 Å². The van der Waals surface area contributed by atoms with Gasteiger partial charge in [0.2, 0.25) is 5.91 Å². The maximum atomic E-state index is 11.9. The molecule has 0 bridgehead atoms. The molecule has 104 valence electrons. The Kier molecular flexibility index (Phi) is 6.55. The van der Waals surface area contributed by atoms with Gasteiger partial charge in [0.1, 0.15) is 6.54 Å². The third-order valence-electron chi connectivity index (χ3n) is 2.19. The van der Waals surface area contributed by atoms with Crippen molar-refractivity contribution in [1.82, 2.24) is 4.90 Å². The Bertz CT molecular complexity index is 472. The molecule has 1 rings (SSSR count). The summed E-state index contributed by atoms with van der Waals surface area (Å²) in [4.78, 5) is 24.6. The molecule has 19 heavy (non-hydrogen) atoms. The van der Waals surface area contributed by atoms with Crippen LogP contribution in [0.5, 0.6) is 0 Å². The molecule has 0 aromatic carbocycles. The molecule has 0 fully saturated rings. The molecule has 0 aliphatic carbocycles. The fourth-order valence-corrected chi connectivity index (χ4v) is 2.27. The van der Waals surface area contributed by atoms with Gasteiger partial charge in [0.05, 0.1) is 10.9 Å². The van der Waals surface area contributed by atoms with E-state index < -0.39 is 5.97 Å². The van der Waals surface area contributed by atoms with Gasteiger partial charge in [0.25, 0.3) is 0 Å². The predicted octanol–water partition coefficient (Wildman–Crippen LogP) is 1.97. The number of carboxylic acid groups (broad SMARTS) is 1. The number of rotatable bonds is 7. The average molecular weight is 304 g/mol. The molecule has 1 aromatic rings. The summed E-state index contributed by atoms with van der Waals surface area (Å²) >= 11 is 7.11. The Morgan fingerprint density at radius 3 is 2.79 bits per heavy atom. The van der Waals surface area contributed by atoms with E-state index in [1.165, 1.54) is 29.4 Å². The van der Waals surface area contributed by atoms with Gasteiger partial charge in [-0.2, -0.15) is 0 Å². The van der Waals surface area contributed by atoms with Crippen molar-refractivity contribution in [1.29, 1.82) is 0 Å². The molecule has 7 heteroatoms. The standard InChI is InChI=1S/C12H14ClNO4S/c1-18-7-6-14(8-12(16)17)11(15)5-3-9-2-4-10(13)19-9/h2-5H,6-8H2,1H3,(H,16,17)/b5-3+. The van der Waals surface area contributed by atoms with Crippen molar-refractivity contribution in [3.8, 4) is 0 Å². The summed E-state index contributed by atoms with van der Waals surface area (Å²) in [7, 11) is 1.49. The monoisotopic (exact) mass is 303 g/mol. The minimum Gasteiger partial charge on any atom is -0.480 e. The third kappa shape index (κ3) is 5.87. The molecule has 1 amide bonds. The number of hydrogen-bond donors (Lipinski definition) is 1. The lowest BCUT2D eigenvalue weighted by molar-refractivity contribution is -0.143. The van der Waals surface area contributed by atoms with Gasteiger partial charge >= 0.3 is 5.97 Å². The van der Waals surface area contributed by atoms with E-state index in [2.05, 4.69) is 0 Å². The number of hydrogen-bond acceptors (Lipinski definition) is 4. The quantitative estimate of drug-likeness (QED) is 0.782. The number of carbonyl (C=O) groups excluding carboxylic acids is 1. The molecular weight excluding hydrogens is 290 g/mol. The van der Waals surface area contributed by atoms with Crippen LogP contribution in [0.15, 0.2) is 18.2 Å². The zero-order valence-electron chi connectivity index (χ0n) is 10.3. The maximum Gasteiger partial charge on any atom is 0.323 e. The van der Waals surface area contributed by atoms with E-state index in [0.717, 1.165) is 4.88 Å². The van der Waals surface area contributed by atoms with Crippen molar-refractivity contribution < 1.29 is 19.4 Å². The number of ether oxygens (including phenoxy) is 1. The number of amides is 1. The molecule has 1 aromatic heterocycles. The fourth-order valence-electron chi connectivity index (χ4n) is 1.31. The average Bonchev–Trinajstić information content (AvgIpc) is 2.77. The van der Waals surface area contributed by atoms with Crippen LogP contribution < -0.4 is 0 Å². The molecule has 1 N–H and O–H groups in total. The van der Waals surface area contributed by atoms with Crippen molar-refractivity contribution in [3.05, 3.63) is 27.4 Å². The minimum absolute atomic E-state index is 0.233. The van der Waals surface area contributed by atoms with Crippen LogP contribution in [0.3, 0.4) is 0 Å². The van der Waals surface area contributed by atoms with Crippen LogP contribution in [-0.2, 0) is 14.3 Å². The largest absolute Gasteiger partial charge is 0.480 e. The van der Waals surface area contributed by atoms with Crippen LogP contribution in [0, 0.1) is 0 Å². The van der Waals surface area contributed by atoms with Gasteiger partial charge in [-0.25, -0.2) is 0 Å². The van der Waals surface area contributed by atoms with E-state index in [0.29, 0.717) is 4.34 Å². The molecule has 5 nitrogen and oxygen atoms in total. The summed E-state index contributed by atoms with van der Waals surface area (Å²) in [5.74, 6) is -1.43. The zero-order chi connectivity index (χ0) is 14.3. The molecule has 0 saturated heterocycles. The van der Waals surface area contributed by atoms with Crippen LogP contribution >= 0.6 is 22.9 Å². The number of nitrogens with zero attached hydrogens (tertiary/aromatic N) is 1. The van der Waals surface area contributed by atoms with Crippen LogP contribution in [-0.4, -0.2) is 48.7 Å². The number of carboxylic acids is 1. The first-order valence-electron chi connectivity index (χ1n) is 5.46. The van der Waals surface area contributed by atoms with Crippen molar-refractivity contribution >= 4 is 40.9 Å². The molecular formula is C12H14ClNO4S. The minimum atomic E-state index is -1.06. The first-order chi connectivity index (χ1) is 9.02. The van der Waals surface area contributed by atoms with Crippen LogP contribution in [0.25, 0.3) is 6.08 Å². The van der Waals surface area contributed by atoms with Gasteiger partial charge in [-0.3, -0.25) is 9.59 Å². The topological polar surface area (TPSA) is 66.8 Å². The summed E-state index contributed by atoms with van der Waals surface area (Å²) in [5, 5.41) is 8.75. The smallest absolute Gasteiger partial charge is 0.323 e. The SMILES string of the molecule is COCCN(CC(=O)O)C(=O)/C=C/c1ccc(Cl)s1. The van der Waals surface area contributed by atoms with Crippen molar-refractivity contribution in [2.24, 2.45) is 0 Å². The van der Waals surface area contributed by atoms with Gasteiger partial charge in [0, 0.05) is 24.6 Å². The molecule has 0 aliphatic heterocycles. The Hall–Kier alpha value is -1.37. The van der Waals surface area contributed by atoms with E-state index in [-0.39, 0.29) is 25.6 Å². The van der Waals surface area contributed by atoms with E-state index in [1.54, 1.807) is 18.2 Å². The number of halogens is 1. The number of aliphatic carboxylic acids is 1. The Labute approximate surface area is 120 Å². The first kappa shape index (κ1) is 15.7. The highest BCUT2D eigenvalue weighted by atomic mass is 35.5. The molecule has 0 spiro atoms. The fraction of sp³-hybridized carbons (Fsp3) is 0.333. The number of methoxy groups -OCH3 is 1. The van der Waals surface area contributed by atoms with E-state index in [9.17, 15) is 9.59 Å². The molecule has 0 aliphatic rings. The van der Waals surface area contributed by atoms with Crippen LogP contribution in [0.4, 0.5) is 0 Å². The van der Waals surface area contributed by atoms with E-state index in [4.69, 9.17) is 21.4 Å². The van der Waals surface area contributed by atoms with Crippen molar-refractivity contribution in [2.75, 3.05) is 26.8 Å². The second-order valence-electron chi connectivity index (χ2n) is 3.62. The van der Waals surface area contributed by atoms with Gasteiger partial charge in [0.15, 0.2) is 0 Å². The second-order valence-corrected chi connectivity index (χ2v) is 5.37. The summed E-state index contributed by atoms with van der Waals surface area (Å²) in [6.07, 6.45) is 2.95. The van der Waals surface area contributed by atoms with Crippen LogP contribution in [0.1, 0.15) is 4.88 Å². The molecule has 1 heterocycles. The summed E-state index contributed by atoms with van der Waals surface area (Å²) in [6.45, 7) is 0.173. The highest BCUT2D eigenvalue weighted by Gasteiger charge is 2.13. The number of thiophene rings is 1. The molecule has 0 atom stereocenters. The second kappa shape index (κ2) is 7.93. The number of carbonyl (C=O) groups is 2. The third-order valence-corrected chi connectivity index (χ3v) is 3.38. The maximum absolute atomic E-state index is 11.9. The predicted molar refractivity (Wildman–Crippen MR) is 74.5 cm³/mol. The normalized spacial score (nSPS) is 10.8.